The van der Waals surface area contributed by atoms with Crippen LogP contribution >= 0.6 is 0 Å². The molecule has 94 valence electrons. The van der Waals surface area contributed by atoms with E-state index in [1.54, 1.807) is 29.9 Å². The van der Waals surface area contributed by atoms with Crippen molar-refractivity contribution in [3.8, 4) is 0 Å². The number of aromatic nitrogens is 3. The molecule has 1 aromatic carbocycles. The normalized spacial score (nSPS) is 10.5. The fourth-order valence-electron chi connectivity index (χ4n) is 1.61. The summed E-state index contributed by atoms with van der Waals surface area (Å²) in [6, 6.07) is 5.18. The molecule has 0 spiro atoms. The van der Waals surface area contributed by atoms with E-state index in [4.69, 9.17) is 4.74 Å². The van der Waals surface area contributed by atoms with E-state index < -0.39 is 0 Å². The largest absolute Gasteiger partial charge is 0.462 e. The molecule has 0 aliphatic heterocycles. The van der Waals surface area contributed by atoms with Gasteiger partial charge >= 0.3 is 5.97 Å². The molecule has 5 heteroatoms. The summed E-state index contributed by atoms with van der Waals surface area (Å²) in [5.41, 5.74) is 1.97. The third-order valence-corrected chi connectivity index (χ3v) is 2.47. The molecular formula is C13H15N3O2. The second-order valence-electron chi connectivity index (χ2n) is 3.80. The van der Waals surface area contributed by atoms with Crippen LogP contribution in [-0.4, -0.2) is 27.6 Å². The third kappa shape index (κ3) is 2.56. The highest BCUT2D eigenvalue weighted by Gasteiger charge is 2.09. The van der Waals surface area contributed by atoms with Crippen molar-refractivity contribution in [2.24, 2.45) is 0 Å². The summed E-state index contributed by atoms with van der Waals surface area (Å²) in [6.45, 7) is 6.49. The van der Waals surface area contributed by atoms with Crippen molar-refractivity contribution in [1.82, 2.24) is 15.0 Å². The number of esters is 1. The van der Waals surface area contributed by atoms with Gasteiger partial charge in [0.15, 0.2) is 0 Å². The highest BCUT2D eigenvalue weighted by Crippen LogP contribution is 2.13. The molecule has 0 radical (unpaired) electrons. The molecule has 0 unspecified atom stereocenters. The molecule has 0 amide bonds. The van der Waals surface area contributed by atoms with Gasteiger partial charge in [-0.05, 0) is 31.5 Å². The first kappa shape index (κ1) is 12.3. The number of hydrogen-bond acceptors (Lipinski definition) is 4. The van der Waals surface area contributed by atoms with Gasteiger partial charge in [0.25, 0.3) is 0 Å². The Kier molecular flexibility index (Phi) is 3.72. The Labute approximate surface area is 105 Å². The van der Waals surface area contributed by atoms with Crippen LogP contribution in [0.15, 0.2) is 30.9 Å². The maximum atomic E-state index is 11.6. The van der Waals surface area contributed by atoms with Crippen molar-refractivity contribution in [2.75, 3.05) is 6.61 Å². The Morgan fingerprint density at radius 1 is 1.44 bits per heavy atom. The van der Waals surface area contributed by atoms with Gasteiger partial charge in [-0.3, -0.25) is 0 Å². The van der Waals surface area contributed by atoms with Crippen LogP contribution in [0, 0.1) is 0 Å². The third-order valence-electron chi connectivity index (χ3n) is 2.47. The van der Waals surface area contributed by atoms with Crippen LogP contribution in [0.2, 0.25) is 0 Å². The second kappa shape index (κ2) is 5.44. The molecule has 2 rings (SSSR count). The number of fused-ring (bicyclic) bond motifs is 1. The van der Waals surface area contributed by atoms with Crippen molar-refractivity contribution >= 4 is 17.0 Å². The molecule has 5 nitrogen and oxygen atoms in total. The molecule has 0 fully saturated rings. The Bertz CT molecular complexity index is 575. The lowest BCUT2D eigenvalue weighted by atomic mass is 10.2. The van der Waals surface area contributed by atoms with Crippen LogP contribution in [0.4, 0.5) is 0 Å². The van der Waals surface area contributed by atoms with Gasteiger partial charge < -0.3 is 4.74 Å². The highest BCUT2D eigenvalue weighted by atomic mass is 16.5. The smallest absolute Gasteiger partial charge is 0.338 e. The lowest BCUT2D eigenvalue weighted by Crippen LogP contribution is -2.04. The topological polar surface area (TPSA) is 57.0 Å². The highest BCUT2D eigenvalue weighted by molar-refractivity contribution is 5.93. The van der Waals surface area contributed by atoms with Gasteiger partial charge in [0, 0.05) is 0 Å². The molecule has 1 aromatic heterocycles. The van der Waals surface area contributed by atoms with E-state index in [9.17, 15) is 4.79 Å². The predicted molar refractivity (Wildman–Crippen MR) is 68.3 cm³/mol. The number of benzene rings is 1. The van der Waals surface area contributed by atoms with E-state index in [-0.39, 0.29) is 5.97 Å². The summed E-state index contributed by atoms with van der Waals surface area (Å²) >= 11 is 0. The van der Waals surface area contributed by atoms with Gasteiger partial charge in [-0.25, -0.2) is 4.79 Å². The van der Waals surface area contributed by atoms with Gasteiger partial charge in [0.2, 0.25) is 0 Å². The summed E-state index contributed by atoms with van der Waals surface area (Å²) in [7, 11) is 0. The summed E-state index contributed by atoms with van der Waals surface area (Å²) < 4.78 is 4.94. The monoisotopic (exact) mass is 245 g/mol. The molecule has 0 saturated carbocycles. The van der Waals surface area contributed by atoms with E-state index in [0.29, 0.717) is 24.2 Å². The Hall–Kier alpha value is -2.17. The van der Waals surface area contributed by atoms with Gasteiger partial charge in [0.1, 0.15) is 11.0 Å². The number of aryl methyl sites for hydroxylation is 1. The lowest BCUT2D eigenvalue weighted by molar-refractivity contribution is 0.0526. The zero-order valence-electron chi connectivity index (χ0n) is 10.3. The number of carbonyl (C=O) groups excluding carboxylic acids is 1. The van der Waals surface area contributed by atoms with Crippen LogP contribution in [0.1, 0.15) is 23.7 Å². The van der Waals surface area contributed by atoms with Crippen LogP contribution in [0.25, 0.3) is 11.0 Å². The summed E-state index contributed by atoms with van der Waals surface area (Å²) in [5, 5.41) is 8.61. The zero-order valence-corrected chi connectivity index (χ0v) is 10.3. The SMILES string of the molecule is C=CCCn1nc2ccc(C(=O)OCC)cc2n1. The van der Waals surface area contributed by atoms with E-state index in [1.807, 2.05) is 6.08 Å². The molecule has 0 aliphatic rings. The van der Waals surface area contributed by atoms with Crippen molar-refractivity contribution in [2.45, 2.75) is 19.9 Å². The first-order valence-corrected chi connectivity index (χ1v) is 5.87. The van der Waals surface area contributed by atoms with Crippen LogP contribution in [-0.2, 0) is 11.3 Å². The van der Waals surface area contributed by atoms with Gasteiger partial charge in [-0.2, -0.15) is 15.0 Å². The molecule has 0 saturated heterocycles. The molecule has 0 N–H and O–H groups in total. The minimum absolute atomic E-state index is 0.333. The summed E-state index contributed by atoms with van der Waals surface area (Å²) in [6.07, 6.45) is 2.63. The molecule has 0 aliphatic carbocycles. The molecule has 0 bridgehead atoms. The number of rotatable bonds is 5. The zero-order chi connectivity index (χ0) is 13.0. The predicted octanol–water partition coefficient (Wildman–Crippen LogP) is 2.18. The lowest BCUT2D eigenvalue weighted by Gasteiger charge is -1.99. The fraction of sp³-hybridized carbons (Fsp3) is 0.308. The minimum Gasteiger partial charge on any atom is -0.462 e. The number of carbonyl (C=O) groups is 1. The van der Waals surface area contributed by atoms with Crippen LogP contribution in [0.5, 0.6) is 0 Å². The molecule has 2 aromatic rings. The second-order valence-corrected chi connectivity index (χ2v) is 3.80. The van der Waals surface area contributed by atoms with Crippen molar-refractivity contribution in [1.29, 1.82) is 0 Å². The standard InChI is InChI=1S/C13H15N3O2/c1-3-5-8-16-14-11-7-6-10(9-12(11)15-16)13(17)18-4-2/h3,6-7,9H,1,4-5,8H2,2H3. The number of hydrogen-bond donors (Lipinski definition) is 0. The van der Waals surface area contributed by atoms with Crippen molar-refractivity contribution in [3.63, 3.8) is 0 Å². The summed E-state index contributed by atoms with van der Waals surface area (Å²) in [5.74, 6) is -0.333. The van der Waals surface area contributed by atoms with Crippen LogP contribution < -0.4 is 0 Å². The summed E-state index contributed by atoms with van der Waals surface area (Å²) in [4.78, 5) is 13.2. The first-order chi connectivity index (χ1) is 8.74. The van der Waals surface area contributed by atoms with Crippen LogP contribution in [0.3, 0.4) is 0 Å². The van der Waals surface area contributed by atoms with Gasteiger partial charge in [0.05, 0.1) is 18.7 Å². The number of ether oxygens (including phenoxy) is 1. The Balaban J connectivity index is 2.27. The van der Waals surface area contributed by atoms with E-state index >= 15 is 0 Å². The van der Waals surface area contributed by atoms with Gasteiger partial charge in [-0.1, -0.05) is 6.08 Å². The molecule has 0 atom stereocenters. The quantitative estimate of drug-likeness (QED) is 0.598. The van der Waals surface area contributed by atoms with Crippen molar-refractivity contribution < 1.29 is 9.53 Å². The average Bonchev–Trinajstić information content (AvgIpc) is 2.78. The maximum absolute atomic E-state index is 11.6. The van der Waals surface area contributed by atoms with E-state index in [0.717, 1.165) is 11.9 Å². The number of nitrogens with zero attached hydrogens (tertiary/aromatic N) is 3. The molecular weight excluding hydrogens is 230 g/mol. The fourth-order valence-corrected chi connectivity index (χ4v) is 1.61. The van der Waals surface area contributed by atoms with Crippen molar-refractivity contribution in [3.05, 3.63) is 36.4 Å². The average molecular weight is 245 g/mol. The molecule has 1 heterocycles. The first-order valence-electron chi connectivity index (χ1n) is 5.87. The Morgan fingerprint density at radius 3 is 2.94 bits per heavy atom. The maximum Gasteiger partial charge on any atom is 0.338 e. The van der Waals surface area contributed by atoms with Gasteiger partial charge in [-0.15, -0.1) is 6.58 Å². The van der Waals surface area contributed by atoms with E-state index in [1.165, 1.54) is 0 Å². The minimum atomic E-state index is -0.333. The number of allylic oxidation sites excluding steroid dienone is 1. The Morgan fingerprint density at radius 2 is 2.22 bits per heavy atom. The molecule has 18 heavy (non-hydrogen) atoms. The van der Waals surface area contributed by atoms with E-state index in [2.05, 4.69) is 16.8 Å².